The summed E-state index contributed by atoms with van der Waals surface area (Å²) in [6, 6.07) is 3.45. The first kappa shape index (κ1) is 25.3. The number of urea groups is 1. The molecule has 7 nitrogen and oxygen atoms in total. The summed E-state index contributed by atoms with van der Waals surface area (Å²) in [5.74, 6) is -1.92. The maximum absolute atomic E-state index is 14.3. The number of hydrogen-bond acceptors (Lipinski definition) is 3. The number of rotatable bonds is 4. The first-order chi connectivity index (χ1) is 16.5. The van der Waals surface area contributed by atoms with E-state index >= 15 is 0 Å². The van der Waals surface area contributed by atoms with Gasteiger partial charge in [-0.2, -0.15) is 18.3 Å². The van der Waals surface area contributed by atoms with Gasteiger partial charge < -0.3 is 14.9 Å². The van der Waals surface area contributed by atoms with E-state index in [1.54, 1.807) is 11.9 Å². The fourth-order valence-corrected chi connectivity index (χ4v) is 5.06. The Bertz CT molecular complexity index is 1130. The third kappa shape index (κ3) is 5.24. The summed E-state index contributed by atoms with van der Waals surface area (Å²) in [6.45, 7) is -0.246. The predicted molar refractivity (Wildman–Crippen MR) is 118 cm³/mol. The monoisotopic (exact) mass is 516 g/mol. The normalized spacial score (nSPS) is 20.5. The summed E-state index contributed by atoms with van der Waals surface area (Å²) in [6.07, 6.45) is -2.68. The third-order valence-corrected chi connectivity index (χ3v) is 7.14. The van der Waals surface area contributed by atoms with Gasteiger partial charge in [-0.1, -0.05) is 17.7 Å². The number of alkyl halides is 3. The fraction of sp³-hybridized carbons (Fsp3) is 0.522. The Hall–Kier alpha value is -2.82. The number of carbonyl (C=O) groups is 2. The van der Waals surface area contributed by atoms with Crippen LogP contribution in [-0.4, -0.2) is 56.3 Å². The minimum absolute atomic E-state index is 0.0144. The van der Waals surface area contributed by atoms with Gasteiger partial charge in [0.25, 0.3) is 0 Å². The lowest BCUT2D eigenvalue weighted by Crippen LogP contribution is -2.49. The number of amides is 2. The number of aliphatic carboxylic acids is 1. The molecular weight excluding hydrogens is 492 g/mol. The van der Waals surface area contributed by atoms with Crippen LogP contribution in [0, 0.1) is 11.7 Å². The average Bonchev–Trinajstić information content (AvgIpc) is 3.18. The number of fused-ring (bicyclic) bond motifs is 1. The molecule has 0 atom stereocenters. The smallest absolute Gasteiger partial charge is 0.435 e. The number of nitrogens with zero attached hydrogens (tertiary/aromatic N) is 4. The van der Waals surface area contributed by atoms with Crippen LogP contribution in [0.5, 0.6) is 0 Å². The van der Waals surface area contributed by atoms with Crippen LogP contribution in [-0.2, 0) is 30.5 Å². The van der Waals surface area contributed by atoms with Gasteiger partial charge >= 0.3 is 18.2 Å². The van der Waals surface area contributed by atoms with Crippen LogP contribution in [0.25, 0.3) is 0 Å². The Morgan fingerprint density at radius 1 is 1.23 bits per heavy atom. The lowest BCUT2D eigenvalue weighted by molar-refractivity contribution is -0.143. The van der Waals surface area contributed by atoms with E-state index < -0.39 is 29.6 Å². The number of carboxylic acid groups (broad SMARTS) is 1. The number of hydrogen-bond donors (Lipinski definition) is 1. The van der Waals surface area contributed by atoms with E-state index in [1.165, 1.54) is 17.0 Å². The highest BCUT2D eigenvalue weighted by Gasteiger charge is 2.41. The van der Waals surface area contributed by atoms with E-state index in [0.29, 0.717) is 25.7 Å². The lowest BCUT2D eigenvalue weighted by atomic mass is 9.85. The maximum Gasteiger partial charge on any atom is 0.435 e. The highest BCUT2D eigenvalue weighted by Crippen LogP contribution is 2.36. The maximum atomic E-state index is 14.3. The average molecular weight is 517 g/mol. The van der Waals surface area contributed by atoms with Gasteiger partial charge in [0, 0.05) is 35.8 Å². The molecule has 12 heteroatoms. The van der Waals surface area contributed by atoms with Crippen LogP contribution >= 0.6 is 11.6 Å². The van der Waals surface area contributed by atoms with Crippen molar-refractivity contribution >= 4 is 23.6 Å². The van der Waals surface area contributed by atoms with Crippen molar-refractivity contribution in [3.05, 3.63) is 51.6 Å². The van der Waals surface area contributed by atoms with Crippen LogP contribution < -0.4 is 0 Å². The molecule has 1 aromatic heterocycles. The second-order valence-electron chi connectivity index (χ2n) is 9.07. The molecule has 1 aliphatic carbocycles. The third-order valence-electron chi connectivity index (χ3n) is 6.91. The predicted octanol–water partition coefficient (Wildman–Crippen LogP) is 4.80. The quantitative estimate of drug-likeness (QED) is 0.592. The summed E-state index contributed by atoms with van der Waals surface area (Å²) >= 11 is 5.78. The molecule has 2 aliphatic rings. The highest BCUT2D eigenvalue weighted by molar-refractivity contribution is 6.30. The van der Waals surface area contributed by atoms with Crippen molar-refractivity contribution in [2.45, 2.75) is 57.4 Å². The van der Waals surface area contributed by atoms with Gasteiger partial charge in [0.15, 0.2) is 5.69 Å². The van der Waals surface area contributed by atoms with Crippen molar-refractivity contribution in [1.29, 1.82) is 0 Å². The van der Waals surface area contributed by atoms with Gasteiger partial charge in [-0.05, 0) is 44.2 Å². The van der Waals surface area contributed by atoms with E-state index in [0.717, 1.165) is 10.7 Å². The topological polar surface area (TPSA) is 78.7 Å². The zero-order valence-corrected chi connectivity index (χ0v) is 19.7. The van der Waals surface area contributed by atoms with Gasteiger partial charge in [-0.15, -0.1) is 0 Å². The second kappa shape index (κ2) is 9.67. The Morgan fingerprint density at radius 3 is 2.51 bits per heavy atom. The molecule has 2 aromatic rings. The SMILES string of the molecule is CN(C(=O)N1CCc2c(C(F)(F)F)nn(Cc3ccc(Cl)cc3F)c2C1)[C@H]1CC[C@@H](C(=O)O)CC1. The highest BCUT2D eigenvalue weighted by atomic mass is 35.5. The lowest BCUT2D eigenvalue weighted by Gasteiger charge is -2.38. The molecule has 2 amide bonds. The van der Waals surface area contributed by atoms with Crippen molar-refractivity contribution in [1.82, 2.24) is 19.6 Å². The van der Waals surface area contributed by atoms with E-state index in [4.69, 9.17) is 11.6 Å². The Balaban J connectivity index is 1.55. The van der Waals surface area contributed by atoms with Crippen molar-refractivity contribution < 1.29 is 32.3 Å². The van der Waals surface area contributed by atoms with Crippen LogP contribution in [0.1, 0.15) is 48.2 Å². The van der Waals surface area contributed by atoms with Gasteiger partial charge in [0.1, 0.15) is 5.82 Å². The van der Waals surface area contributed by atoms with E-state index in [2.05, 4.69) is 5.10 Å². The second-order valence-corrected chi connectivity index (χ2v) is 9.51. The van der Waals surface area contributed by atoms with Crippen molar-refractivity contribution in [3.63, 3.8) is 0 Å². The summed E-state index contributed by atoms with van der Waals surface area (Å²) in [4.78, 5) is 27.4. The molecule has 1 fully saturated rings. The molecule has 0 unspecified atom stereocenters. The zero-order chi connectivity index (χ0) is 25.5. The molecule has 0 radical (unpaired) electrons. The minimum atomic E-state index is -4.68. The molecule has 0 bridgehead atoms. The largest absolute Gasteiger partial charge is 0.481 e. The van der Waals surface area contributed by atoms with Crippen molar-refractivity contribution in [3.8, 4) is 0 Å². The number of halogens is 5. The Morgan fingerprint density at radius 2 is 1.91 bits per heavy atom. The molecule has 2 heterocycles. The molecule has 4 rings (SSSR count). The van der Waals surface area contributed by atoms with Crippen LogP contribution in [0.2, 0.25) is 5.02 Å². The molecule has 35 heavy (non-hydrogen) atoms. The van der Waals surface area contributed by atoms with E-state index in [-0.39, 0.29) is 60.0 Å². The van der Waals surface area contributed by atoms with Gasteiger partial charge in [0.05, 0.1) is 24.7 Å². The molecule has 0 spiro atoms. The molecule has 0 saturated heterocycles. The van der Waals surface area contributed by atoms with Crippen molar-refractivity contribution in [2.24, 2.45) is 5.92 Å². The van der Waals surface area contributed by atoms with Crippen LogP contribution in [0.4, 0.5) is 22.4 Å². The number of carbonyl (C=O) groups excluding carboxylic acids is 1. The Kier molecular flexibility index (Phi) is 6.99. The van der Waals surface area contributed by atoms with E-state index in [9.17, 15) is 32.3 Å². The molecular formula is C23H25ClF4N4O3. The van der Waals surface area contributed by atoms with Crippen LogP contribution in [0.3, 0.4) is 0 Å². The first-order valence-corrected chi connectivity index (χ1v) is 11.7. The summed E-state index contributed by atoms with van der Waals surface area (Å²) in [7, 11) is 1.63. The molecule has 1 aliphatic heterocycles. The Labute approximate surface area is 204 Å². The fourth-order valence-electron chi connectivity index (χ4n) is 4.90. The van der Waals surface area contributed by atoms with Gasteiger partial charge in [0.2, 0.25) is 0 Å². The number of benzene rings is 1. The number of aromatic nitrogens is 2. The summed E-state index contributed by atoms with van der Waals surface area (Å²) < 4.78 is 56.5. The summed E-state index contributed by atoms with van der Waals surface area (Å²) in [5.41, 5.74) is -0.659. The molecule has 1 N–H and O–H groups in total. The van der Waals surface area contributed by atoms with E-state index in [1.807, 2.05) is 0 Å². The number of carboxylic acids is 1. The van der Waals surface area contributed by atoms with Gasteiger partial charge in [-0.3, -0.25) is 9.48 Å². The standard InChI is InChI=1S/C23H25ClF4N4O3/c1-30(16-6-3-13(4-7-16)21(33)34)22(35)31-9-8-17-19(12-31)32(29-20(17)23(26,27)28)11-14-2-5-15(24)10-18(14)25/h2,5,10,13,16H,3-4,6-9,11-12H2,1H3,(H,33,34)/t13-,16+. The molecule has 190 valence electrons. The van der Waals surface area contributed by atoms with Crippen LogP contribution in [0.15, 0.2) is 18.2 Å². The summed E-state index contributed by atoms with van der Waals surface area (Å²) in [5, 5.41) is 13.1. The molecule has 1 saturated carbocycles. The zero-order valence-electron chi connectivity index (χ0n) is 19.0. The molecule has 1 aromatic carbocycles. The minimum Gasteiger partial charge on any atom is -0.481 e. The van der Waals surface area contributed by atoms with Crippen molar-refractivity contribution in [2.75, 3.05) is 13.6 Å². The van der Waals surface area contributed by atoms with Gasteiger partial charge in [-0.25, -0.2) is 9.18 Å². The first-order valence-electron chi connectivity index (χ1n) is 11.3.